The predicted molar refractivity (Wildman–Crippen MR) is 88.7 cm³/mol. The summed E-state index contributed by atoms with van der Waals surface area (Å²) in [5, 5.41) is 3.18. The Morgan fingerprint density at radius 2 is 1.81 bits per heavy atom. The number of rotatable bonds is 5. The Labute approximate surface area is 139 Å². The molecular formula is C15H14Br2FNO2. The molecule has 21 heavy (non-hydrogen) atoms. The fourth-order valence-electron chi connectivity index (χ4n) is 1.90. The van der Waals surface area contributed by atoms with Crippen LogP contribution in [0.5, 0.6) is 11.5 Å². The Morgan fingerprint density at radius 3 is 2.48 bits per heavy atom. The minimum Gasteiger partial charge on any atom is -0.493 e. The third-order valence-corrected chi connectivity index (χ3v) is 4.19. The highest BCUT2D eigenvalue weighted by atomic mass is 79.9. The number of benzene rings is 2. The molecular weight excluding hydrogens is 405 g/mol. The zero-order valence-electron chi connectivity index (χ0n) is 11.5. The number of halogens is 3. The van der Waals surface area contributed by atoms with E-state index in [1.807, 2.05) is 12.1 Å². The maximum absolute atomic E-state index is 13.2. The summed E-state index contributed by atoms with van der Waals surface area (Å²) in [6.45, 7) is 0.529. The summed E-state index contributed by atoms with van der Waals surface area (Å²) in [6, 6.07) is 8.33. The second kappa shape index (κ2) is 7.13. The zero-order chi connectivity index (χ0) is 15.4. The normalized spacial score (nSPS) is 10.3. The number of ether oxygens (including phenoxy) is 2. The van der Waals surface area contributed by atoms with Crippen LogP contribution in [0.15, 0.2) is 39.3 Å². The summed E-state index contributed by atoms with van der Waals surface area (Å²) in [4.78, 5) is 0. The van der Waals surface area contributed by atoms with Crippen LogP contribution in [0.4, 0.5) is 10.1 Å². The van der Waals surface area contributed by atoms with Crippen LogP contribution in [-0.4, -0.2) is 14.2 Å². The van der Waals surface area contributed by atoms with E-state index >= 15 is 0 Å². The first kappa shape index (κ1) is 16.1. The molecule has 0 fully saturated rings. The molecule has 0 unspecified atom stereocenters. The molecule has 0 aliphatic rings. The molecule has 2 aromatic rings. The predicted octanol–water partition coefficient (Wildman–Crippen LogP) is 4.98. The molecule has 0 bridgehead atoms. The van der Waals surface area contributed by atoms with Gasteiger partial charge in [-0.1, -0.05) is 0 Å². The van der Waals surface area contributed by atoms with E-state index in [1.54, 1.807) is 20.3 Å². The van der Waals surface area contributed by atoms with Crippen molar-refractivity contribution < 1.29 is 13.9 Å². The smallest absolute Gasteiger partial charge is 0.174 e. The van der Waals surface area contributed by atoms with Crippen LogP contribution in [0.1, 0.15) is 5.56 Å². The summed E-state index contributed by atoms with van der Waals surface area (Å²) in [6.07, 6.45) is 0. The van der Waals surface area contributed by atoms with E-state index in [1.165, 1.54) is 12.1 Å². The average molecular weight is 419 g/mol. The SMILES string of the molecule is COc1cc(CNc2cc(F)ccc2Br)cc(Br)c1OC. The highest BCUT2D eigenvalue weighted by molar-refractivity contribution is 9.11. The number of hydrogen-bond acceptors (Lipinski definition) is 3. The molecule has 112 valence electrons. The molecule has 0 aliphatic carbocycles. The second-order valence-corrected chi connectivity index (χ2v) is 6.00. The fourth-order valence-corrected chi connectivity index (χ4v) is 2.94. The van der Waals surface area contributed by atoms with Gasteiger partial charge in [0.25, 0.3) is 0 Å². The van der Waals surface area contributed by atoms with Crippen LogP contribution in [0.3, 0.4) is 0 Å². The molecule has 0 radical (unpaired) electrons. The Balaban J connectivity index is 2.20. The maximum Gasteiger partial charge on any atom is 0.174 e. The van der Waals surface area contributed by atoms with Crippen LogP contribution in [0.25, 0.3) is 0 Å². The summed E-state index contributed by atoms with van der Waals surface area (Å²) in [5.74, 6) is 1.00. The van der Waals surface area contributed by atoms with Crippen molar-refractivity contribution in [1.29, 1.82) is 0 Å². The monoisotopic (exact) mass is 417 g/mol. The third-order valence-electron chi connectivity index (χ3n) is 2.90. The minimum atomic E-state index is -0.283. The number of nitrogens with one attached hydrogen (secondary N) is 1. The molecule has 2 aromatic carbocycles. The first-order valence-corrected chi connectivity index (χ1v) is 7.73. The summed E-state index contributed by atoms with van der Waals surface area (Å²) < 4.78 is 25.4. The molecule has 0 aliphatic heterocycles. The average Bonchev–Trinajstić information content (AvgIpc) is 2.47. The van der Waals surface area contributed by atoms with Gasteiger partial charge in [0.15, 0.2) is 11.5 Å². The standard InChI is InChI=1S/C15H14Br2FNO2/c1-20-14-6-9(5-12(17)15(14)21-2)8-19-13-7-10(18)3-4-11(13)16/h3-7,19H,8H2,1-2H3. The Morgan fingerprint density at radius 1 is 1.05 bits per heavy atom. The number of hydrogen-bond donors (Lipinski definition) is 1. The van der Waals surface area contributed by atoms with Crippen LogP contribution >= 0.6 is 31.9 Å². The quantitative estimate of drug-likeness (QED) is 0.742. The Hall–Kier alpha value is -1.27. The summed E-state index contributed by atoms with van der Waals surface area (Å²) in [7, 11) is 3.18. The largest absolute Gasteiger partial charge is 0.493 e. The number of anilines is 1. The lowest BCUT2D eigenvalue weighted by molar-refractivity contribution is 0.352. The number of methoxy groups -OCH3 is 2. The van der Waals surface area contributed by atoms with Crippen LogP contribution in [0, 0.1) is 5.82 Å². The molecule has 0 amide bonds. The van der Waals surface area contributed by atoms with E-state index in [0.717, 1.165) is 14.5 Å². The fraction of sp³-hybridized carbons (Fsp3) is 0.200. The molecule has 0 spiro atoms. The van der Waals surface area contributed by atoms with Gasteiger partial charge in [0, 0.05) is 11.0 Å². The molecule has 0 atom stereocenters. The topological polar surface area (TPSA) is 30.5 Å². The highest BCUT2D eigenvalue weighted by Crippen LogP contribution is 2.36. The summed E-state index contributed by atoms with van der Waals surface area (Å²) >= 11 is 6.84. The molecule has 0 saturated heterocycles. The van der Waals surface area contributed by atoms with Crippen molar-refractivity contribution >= 4 is 37.5 Å². The third kappa shape index (κ3) is 3.89. The first-order valence-electron chi connectivity index (χ1n) is 6.14. The van der Waals surface area contributed by atoms with Crippen LogP contribution in [-0.2, 0) is 6.54 Å². The van der Waals surface area contributed by atoms with Crippen molar-refractivity contribution in [2.45, 2.75) is 6.54 Å². The molecule has 1 N–H and O–H groups in total. The lowest BCUT2D eigenvalue weighted by Gasteiger charge is -2.13. The molecule has 0 saturated carbocycles. The minimum absolute atomic E-state index is 0.283. The molecule has 6 heteroatoms. The molecule has 0 heterocycles. The van der Waals surface area contributed by atoms with E-state index < -0.39 is 0 Å². The van der Waals surface area contributed by atoms with Crippen LogP contribution < -0.4 is 14.8 Å². The van der Waals surface area contributed by atoms with Gasteiger partial charge in [-0.15, -0.1) is 0 Å². The van der Waals surface area contributed by atoms with E-state index in [-0.39, 0.29) is 5.82 Å². The van der Waals surface area contributed by atoms with Crippen molar-refractivity contribution in [3.63, 3.8) is 0 Å². The van der Waals surface area contributed by atoms with Gasteiger partial charge in [0.05, 0.1) is 24.4 Å². The van der Waals surface area contributed by atoms with Gasteiger partial charge in [0.2, 0.25) is 0 Å². The Bertz CT molecular complexity index is 650. The van der Waals surface area contributed by atoms with Gasteiger partial charge in [0.1, 0.15) is 5.82 Å². The molecule has 0 aromatic heterocycles. The lowest BCUT2D eigenvalue weighted by atomic mass is 10.2. The van der Waals surface area contributed by atoms with Gasteiger partial charge < -0.3 is 14.8 Å². The van der Waals surface area contributed by atoms with Crippen molar-refractivity contribution in [1.82, 2.24) is 0 Å². The Kier molecular flexibility index (Phi) is 5.47. The van der Waals surface area contributed by atoms with Crippen molar-refractivity contribution in [2.75, 3.05) is 19.5 Å². The maximum atomic E-state index is 13.2. The van der Waals surface area contributed by atoms with E-state index in [4.69, 9.17) is 9.47 Å². The zero-order valence-corrected chi connectivity index (χ0v) is 14.7. The van der Waals surface area contributed by atoms with Gasteiger partial charge in [-0.3, -0.25) is 0 Å². The first-order chi connectivity index (χ1) is 10.0. The van der Waals surface area contributed by atoms with Gasteiger partial charge >= 0.3 is 0 Å². The lowest BCUT2D eigenvalue weighted by Crippen LogP contribution is -2.02. The van der Waals surface area contributed by atoms with Crippen molar-refractivity contribution in [3.8, 4) is 11.5 Å². The van der Waals surface area contributed by atoms with E-state index in [2.05, 4.69) is 37.2 Å². The molecule has 3 nitrogen and oxygen atoms in total. The van der Waals surface area contributed by atoms with E-state index in [9.17, 15) is 4.39 Å². The van der Waals surface area contributed by atoms with Crippen molar-refractivity contribution in [2.24, 2.45) is 0 Å². The summed E-state index contributed by atoms with van der Waals surface area (Å²) in [5.41, 5.74) is 1.68. The van der Waals surface area contributed by atoms with Gasteiger partial charge in [-0.2, -0.15) is 0 Å². The van der Waals surface area contributed by atoms with Gasteiger partial charge in [-0.25, -0.2) is 4.39 Å². The second-order valence-electron chi connectivity index (χ2n) is 4.29. The van der Waals surface area contributed by atoms with E-state index in [0.29, 0.717) is 23.7 Å². The van der Waals surface area contributed by atoms with Crippen LogP contribution in [0.2, 0.25) is 0 Å². The highest BCUT2D eigenvalue weighted by Gasteiger charge is 2.11. The van der Waals surface area contributed by atoms with Crippen molar-refractivity contribution in [3.05, 3.63) is 50.7 Å². The van der Waals surface area contributed by atoms with Gasteiger partial charge in [-0.05, 0) is 67.8 Å². The molecule has 2 rings (SSSR count).